The number of hydrogen-bond donors (Lipinski definition) is 1. The van der Waals surface area contributed by atoms with Gasteiger partial charge in [0.15, 0.2) is 0 Å². The molecule has 2 aliphatic heterocycles. The smallest absolute Gasteiger partial charge is 0.0644 e. The summed E-state index contributed by atoms with van der Waals surface area (Å²) in [7, 11) is 0. The van der Waals surface area contributed by atoms with Gasteiger partial charge in [-0.05, 0) is 51.5 Å². The fourth-order valence-electron chi connectivity index (χ4n) is 3.85. The molecule has 106 valence electrons. The molecule has 0 spiro atoms. The number of ether oxygens (including phenoxy) is 1. The van der Waals surface area contributed by atoms with E-state index in [-0.39, 0.29) is 11.1 Å². The second-order valence-corrected chi connectivity index (χ2v) is 7.65. The Labute approximate surface area is 112 Å². The number of piperidine rings is 1. The van der Waals surface area contributed by atoms with E-state index in [1.807, 2.05) is 0 Å². The zero-order chi connectivity index (χ0) is 13.4. The minimum Gasteiger partial charge on any atom is -0.375 e. The number of hydrogen-bond acceptors (Lipinski definition) is 3. The van der Waals surface area contributed by atoms with E-state index in [2.05, 4.69) is 32.6 Å². The Kier molecular flexibility index (Phi) is 3.79. The van der Waals surface area contributed by atoms with Crippen molar-refractivity contribution in [3.63, 3.8) is 0 Å². The van der Waals surface area contributed by atoms with E-state index in [4.69, 9.17) is 10.5 Å². The lowest BCUT2D eigenvalue weighted by atomic mass is 9.75. The molecule has 1 atom stereocenters. The summed E-state index contributed by atoms with van der Waals surface area (Å²) in [6, 6.07) is 0. The van der Waals surface area contributed by atoms with Crippen LogP contribution >= 0.6 is 0 Å². The van der Waals surface area contributed by atoms with Crippen LogP contribution in [0, 0.1) is 5.41 Å². The number of nitrogens with zero attached hydrogens (tertiary/aromatic N) is 1. The van der Waals surface area contributed by atoms with Crippen molar-refractivity contribution in [2.45, 2.75) is 64.5 Å². The van der Waals surface area contributed by atoms with Gasteiger partial charge in [0, 0.05) is 25.2 Å². The second kappa shape index (κ2) is 4.77. The molecule has 0 aromatic carbocycles. The van der Waals surface area contributed by atoms with Crippen molar-refractivity contribution in [2.75, 3.05) is 26.2 Å². The molecule has 0 amide bonds. The largest absolute Gasteiger partial charge is 0.375 e. The second-order valence-electron chi connectivity index (χ2n) is 7.65. The number of likely N-dealkylation sites (tertiary alicyclic amines) is 1. The van der Waals surface area contributed by atoms with Crippen LogP contribution in [0.5, 0.6) is 0 Å². The Morgan fingerprint density at radius 1 is 1.17 bits per heavy atom. The van der Waals surface area contributed by atoms with Gasteiger partial charge < -0.3 is 10.5 Å². The van der Waals surface area contributed by atoms with Gasteiger partial charge in [0.1, 0.15) is 0 Å². The molecule has 0 aliphatic carbocycles. The molecule has 0 radical (unpaired) electrons. The lowest BCUT2D eigenvalue weighted by Gasteiger charge is -2.54. The van der Waals surface area contributed by atoms with Crippen molar-refractivity contribution in [3.05, 3.63) is 0 Å². The zero-order valence-corrected chi connectivity index (χ0v) is 12.6. The lowest BCUT2D eigenvalue weighted by molar-refractivity contribution is -0.128. The highest BCUT2D eigenvalue weighted by atomic mass is 16.5. The average molecular weight is 254 g/mol. The summed E-state index contributed by atoms with van der Waals surface area (Å²) < 4.78 is 5.88. The van der Waals surface area contributed by atoms with E-state index in [1.54, 1.807) is 0 Å². The summed E-state index contributed by atoms with van der Waals surface area (Å²) in [5, 5.41) is 0. The molecule has 18 heavy (non-hydrogen) atoms. The molecule has 3 heteroatoms. The van der Waals surface area contributed by atoms with Gasteiger partial charge in [0.25, 0.3) is 0 Å². The van der Waals surface area contributed by atoms with Crippen molar-refractivity contribution >= 4 is 0 Å². The third-order valence-electron chi connectivity index (χ3n) is 4.77. The van der Waals surface area contributed by atoms with Crippen molar-refractivity contribution in [2.24, 2.45) is 11.1 Å². The van der Waals surface area contributed by atoms with Gasteiger partial charge in [0.2, 0.25) is 0 Å². The number of rotatable bonds is 2. The van der Waals surface area contributed by atoms with Gasteiger partial charge >= 0.3 is 0 Å². The van der Waals surface area contributed by atoms with E-state index in [1.165, 1.54) is 25.9 Å². The van der Waals surface area contributed by atoms with Crippen LogP contribution in [0.15, 0.2) is 0 Å². The topological polar surface area (TPSA) is 38.5 Å². The first kappa shape index (κ1) is 14.3. The van der Waals surface area contributed by atoms with Crippen LogP contribution < -0.4 is 5.73 Å². The minimum atomic E-state index is -0.0286. The first-order valence-electron chi connectivity index (χ1n) is 7.38. The maximum atomic E-state index is 6.18. The summed E-state index contributed by atoms with van der Waals surface area (Å²) in [4.78, 5) is 2.67. The monoisotopic (exact) mass is 254 g/mol. The van der Waals surface area contributed by atoms with Gasteiger partial charge in [-0.3, -0.25) is 4.90 Å². The van der Waals surface area contributed by atoms with Crippen LogP contribution in [0.25, 0.3) is 0 Å². The Morgan fingerprint density at radius 3 is 2.44 bits per heavy atom. The Hall–Kier alpha value is -0.120. The molecule has 0 aromatic rings. The molecule has 1 unspecified atom stereocenters. The quantitative estimate of drug-likeness (QED) is 0.822. The van der Waals surface area contributed by atoms with E-state index in [0.717, 1.165) is 26.0 Å². The average Bonchev–Trinajstić information content (AvgIpc) is 2.26. The standard InChI is InChI=1S/C15H30N2O/c1-13(2)6-5-8-17(12-13)15(11-16)7-9-18-14(3,4)10-15/h5-12,16H2,1-4H3. The summed E-state index contributed by atoms with van der Waals surface area (Å²) in [6.07, 6.45) is 4.79. The SMILES string of the molecule is CC1(C)CCCN(C2(CN)CCOC(C)(C)C2)C1. The molecule has 2 aliphatic rings. The third-order valence-corrected chi connectivity index (χ3v) is 4.77. The highest BCUT2D eigenvalue weighted by molar-refractivity contribution is 5.01. The molecule has 2 rings (SSSR count). The van der Waals surface area contributed by atoms with Crippen molar-refractivity contribution in [1.29, 1.82) is 0 Å². The van der Waals surface area contributed by atoms with Crippen molar-refractivity contribution in [1.82, 2.24) is 4.90 Å². The molecule has 0 saturated carbocycles. The molecule has 2 saturated heterocycles. The van der Waals surface area contributed by atoms with Crippen LogP contribution in [-0.2, 0) is 4.74 Å². The van der Waals surface area contributed by atoms with Crippen LogP contribution in [0.1, 0.15) is 53.4 Å². The molecule has 0 bridgehead atoms. The summed E-state index contributed by atoms with van der Waals surface area (Å²) >= 11 is 0. The first-order valence-corrected chi connectivity index (χ1v) is 7.38. The molecular weight excluding hydrogens is 224 g/mol. The van der Waals surface area contributed by atoms with Gasteiger partial charge in [-0.2, -0.15) is 0 Å². The molecular formula is C15H30N2O. The molecule has 2 heterocycles. The lowest BCUT2D eigenvalue weighted by Crippen LogP contribution is -2.63. The van der Waals surface area contributed by atoms with E-state index < -0.39 is 0 Å². The van der Waals surface area contributed by atoms with Crippen LogP contribution in [0.3, 0.4) is 0 Å². The van der Waals surface area contributed by atoms with Crippen LogP contribution in [0.4, 0.5) is 0 Å². The van der Waals surface area contributed by atoms with Gasteiger partial charge in [-0.1, -0.05) is 13.8 Å². The Bertz CT molecular complexity index is 301. The van der Waals surface area contributed by atoms with Crippen molar-refractivity contribution in [3.8, 4) is 0 Å². The van der Waals surface area contributed by atoms with Gasteiger partial charge in [-0.15, -0.1) is 0 Å². The normalized spacial score (nSPS) is 36.5. The highest BCUT2D eigenvalue weighted by Crippen LogP contribution is 2.40. The van der Waals surface area contributed by atoms with Gasteiger partial charge in [0.05, 0.1) is 5.60 Å². The summed E-state index contributed by atoms with van der Waals surface area (Å²) in [5.74, 6) is 0. The van der Waals surface area contributed by atoms with Gasteiger partial charge in [-0.25, -0.2) is 0 Å². The van der Waals surface area contributed by atoms with E-state index in [9.17, 15) is 0 Å². The van der Waals surface area contributed by atoms with Crippen LogP contribution in [0.2, 0.25) is 0 Å². The van der Waals surface area contributed by atoms with E-state index >= 15 is 0 Å². The fourth-order valence-corrected chi connectivity index (χ4v) is 3.85. The Morgan fingerprint density at radius 2 is 1.89 bits per heavy atom. The fraction of sp³-hybridized carbons (Fsp3) is 1.00. The molecule has 0 aromatic heterocycles. The summed E-state index contributed by atoms with van der Waals surface area (Å²) in [5.41, 5.74) is 6.75. The Balaban J connectivity index is 2.16. The highest BCUT2D eigenvalue weighted by Gasteiger charge is 2.46. The summed E-state index contributed by atoms with van der Waals surface area (Å²) in [6.45, 7) is 13.2. The van der Waals surface area contributed by atoms with E-state index in [0.29, 0.717) is 5.41 Å². The zero-order valence-electron chi connectivity index (χ0n) is 12.6. The minimum absolute atomic E-state index is 0.0286. The maximum absolute atomic E-state index is 6.18. The predicted molar refractivity (Wildman–Crippen MR) is 75.6 cm³/mol. The molecule has 3 nitrogen and oxygen atoms in total. The molecule has 2 N–H and O–H groups in total. The maximum Gasteiger partial charge on any atom is 0.0644 e. The predicted octanol–water partition coefficient (Wildman–Crippen LogP) is 2.39. The molecule has 2 fully saturated rings. The van der Waals surface area contributed by atoms with Crippen molar-refractivity contribution < 1.29 is 4.74 Å². The van der Waals surface area contributed by atoms with Crippen LogP contribution in [-0.4, -0.2) is 42.3 Å². The number of nitrogens with two attached hydrogens (primary N) is 1. The third kappa shape index (κ3) is 2.89. The first-order chi connectivity index (χ1) is 8.29.